The summed E-state index contributed by atoms with van der Waals surface area (Å²) in [4.78, 5) is 3.76. The number of hydrogen-bond donors (Lipinski definition) is 0. The summed E-state index contributed by atoms with van der Waals surface area (Å²) in [6.07, 6.45) is 6.12. The fourth-order valence-corrected chi connectivity index (χ4v) is 5.17. The molecule has 0 N–H and O–H groups in total. The first kappa shape index (κ1) is 29.5. The molecular weight excluding hydrogens is 354 g/mol. The Morgan fingerprint density at radius 2 is 0.929 bits per heavy atom. The van der Waals surface area contributed by atoms with Crippen LogP contribution < -0.4 is 37.2 Å². The van der Waals surface area contributed by atoms with Crippen molar-refractivity contribution in [3.63, 3.8) is 0 Å². The molecule has 78 valence electrons. The first-order chi connectivity index (χ1) is 4.85. The molecule has 0 aromatic carbocycles. The molecule has 0 aliphatic heterocycles. The minimum Gasteiger partial charge on any atom is -1.00 e. The zero-order valence-corrected chi connectivity index (χ0v) is 15.4. The minimum atomic E-state index is -1.03. The normalized spacial score (nSPS) is 6.00. The first-order valence-corrected chi connectivity index (χ1v) is 8.81. The third-order valence-electron chi connectivity index (χ3n) is 1.50. The van der Waals surface area contributed by atoms with Crippen molar-refractivity contribution in [1.29, 1.82) is 0 Å². The number of allylic oxidation sites excluding steroid dienone is 3. The Balaban J connectivity index is -0.0000000675. The molecule has 0 amide bonds. The van der Waals surface area contributed by atoms with E-state index in [0.717, 1.165) is 0 Å². The molecule has 0 saturated carbocycles. The monoisotopic (exact) mass is 366 g/mol. The minimum absolute atomic E-state index is 0. The van der Waals surface area contributed by atoms with Gasteiger partial charge in [0.2, 0.25) is 0 Å². The fourth-order valence-electron chi connectivity index (χ4n) is 0.996. The zero-order chi connectivity index (χ0) is 7.82. The van der Waals surface area contributed by atoms with E-state index in [2.05, 4.69) is 19.7 Å². The van der Waals surface area contributed by atoms with E-state index in [-0.39, 0.29) is 57.0 Å². The van der Waals surface area contributed by atoms with Crippen LogP contribution in [0.15, 0.2) is 38.0 Å². The Labute approximate surface area is 125 Å². The van der Waals surface area contributed by atoms with Gasteiger partial charge in [-0.25, -0.2) is 0 Å². The van der Waals surface area contributed by atoms with Gasteiger partial charge in [-0.2, -0.15) is 0 Å². The number of halogens is 3. The van der Waals surface area contributed by atoms with Crippen LogP contribution in [0.5, 0.6) is 0 Å². The van der Waals surface area contributed by atoms with Crippen molar-refractivity contribution in [1.82, 2.24) is 0 Å². The molecule has 0 atom stereocenters. The van der Waals surface area contributed by atoms with Crippen molar-refractivity contribution in [2.75, 3.05) is 0 Å². The standard InChI is InChI=1S/3C3H5.3ClH.2Ga/c3*1-3-2;;;;;/h3*3H,1-2H2;3*1H;;/q;;;;;;;+3/p-3. The Kier molecular flexibility index (Phi) is 50.3. The van der Waals surface area contributed by atoms with Gasteiger partial charge in [-0.15, -0.1) is 0 Å². The van der Waals surface area contributed by atoms with Gasteiger partial charge in [-0.3, -0.25) is 0 Å². The third-order valence-corrected chi connectivity index (χ3v) is 7.79. The maximum Gasteiger partial charge on any atom is 3.00 e. The molecule has 0 rings (SSSR count). The van der Waals surface area contributed by atoms with Crippen molar-refractivity contribution in [3.8, 4) is 0 Å². The average Bonchev–Trinajstić information content (AvgIpc) is 1.90. The smallest absolute Gasteiger partial charge is 1.00 e. The molecule has 0 aromatic heterocycles. The summed E-state index contributed by atoms with van der Waals surface area (Å²) < 4.78 is 0. The van der Waals surface area contributed by atoms with E-state index in [9.17, 15) is 0 Å². The summed E-state index contributed by atoms with van der Waals surface area (Å²) in [5.74, 6) is 0. The van der Waals surface area contributed by atoms with Gasteiger partial charge < -0.3 is 37.2 Å². The second kappa shape index (κ2) is 23.9. The Bertz CT molecular complexity index is 105. The summed E-state index contributed by atoms with van der Waals surface area (Å²) in [5, 5.41) is 0. The summed E-state index contributed by atoms with van der Waals surface area (Å²) >= 11 is -1.03. The van der Waals surface area contributed by atoms with Crippen molar-refractivity contribution in [2.45, 2.75) is 14.9 Å². The van der Waals surface area contributed by atoms with Gasteiger partial charge in [-0.1, -0.05) is 0 Å². The molecule has 0 fully saturated rings. The second-order valence-electron chi connectivity index (χ2n) is 2.44. The van der Waals surface area contributed by atoms with Crippen molar-refractivity contribution in [3.05, 3.63) is 38.0 Å². The van der Waals surface area contributed by atoms with Crippen LogP contribution in [0.25, 0.3) is 0 Å². The molecule has 0 nitrogen and oxygen atoms in total. The predicted molar refractivity (Wildman–Crippen MR) is 56.5 cm³/mol. The molecule has 0 unspecified atom stereocenters. The molecule has 0 aromatic rings. The summed E-state index contributed by atoms with van der Waals surface area (Å²) in [6.45, 7) is 11.2. The molecule has 0 aliphatic carbocycles. The zero-order valence-electron chi connectivity index (χ0n) is 8.26. The largest absolute Gasteiger partial charge is 3.00 e. The van der Waals surface area contributed by atoms with Gasteiger partial charge in [0.1, 0.15) is 0 Å². The van der Waals surface area contributed by atoms with Crippen LogP contribution in [-0.2, 0) is 0 Å². The molecule has 14 heavy (non-hydrogen) atoms. The molecule has 0 bridgehead atoms. The maximum atomic E-state index is 3.74. The van der Waals surface area contributed by atoms with Gasteiger partial charge in [0, 0.05) is 0 Å². The van der Waals surface area contributed by atoms with Crippen molar-refractivity contribution in [2.24, 2.45) is 0 Å². The van der Waals surface area contributed by atoms with Gasteiger partial charge in [0.05, 0.1) is 0 Å². The Morgan fingerprint density at radius 3 is 1.07 bits per heavy atom. The first-order valence-electron chi connectivity index (χ1n) is 3.67. The van der Waals surface area contributed by atoms with Crippen LogP contribution >= 0.6 is 0 Å². The van der Waals surface area contributed by atoms with Gasteiger partial charge in [0.15, 0.2) is 0 Å². The van der Waals surface area contributed by atoms with Crippen molar-refractivity contribution >= 4 is 36.0 Å². The molecule has 0 aliphatic rings. The fraction of sp³-hybridized carbons (Fsp3) is 0.333. The maximum absolute atomic E-state index is 3.74. The van der Waals surface area contributed by atoms with Gasteiger partial charge in [-0.05, 0) is 0 Å². The van der Waals surface area contributed by atoms with E-state index < -0.39 is 16.2 Å². The Morgan fingerprint density at radius 1 is 0.714 bits per heavy atom. The Hall–Kier alpha value is 1.36. The van der Waals surface area contributed by atoms with Crippen LogP contribution in [0.4, 0.5) is 0 Å². The molecule has 0 saturated heterocycles. The van der Waals surface area contributed by atoms with E-state index in [1.54, 1.807) is 0 Å². The van der Waals surface area contributed by atoms with Crippen LogP contribution in [0.3, 0.4) is 0 Å². The van der Waals surface area contributed by atoms with Gasteiger partial charge >= 0.3 is 88.9 Å². The molecule has 0 heterocycles. The topological polar surface area (TPSA) is 0 Å². The number of rotatable bonds is 6. The van der Waals surface area contributed by atoms with E-state index in [1.165, 1.54) is 14.9 Å². The van der Waals surface area contributed by atoms with Crippen LogP contribution in [0.2, 0.25) is 14.9 Å². The average molecular weight is 369 g/mol. The molecule has 0 spiro atoms. The second-order valence-corrected chi connectivity index (χ2v) is 9.04. The van der Waals surface area contributed by atoms with Crippen LogP contribution in [-0.4, -0.2) is 36.0 Å². The summed E-state index contributed by atoms with van der Waals surface area (Å²) in [7, 11) is 0. The summed E-state index contributed by atoms with van der Waals surface area (Å²) in [6, 6.07) is 0. The molecular formula is C9H15Cl3Ga2. The molecule has 5 heteroatoms. The quantitative estimate of drug-likeness (QED) is 0.323. The molecule has 0 radical (unpaired) electrons. The van der Waals surface area contributed by atoms with Crippen LogP contribution in [0, 0.1) is 0 Å². The predicted octanol–water partition coefficient (Wildman–Crippen LogP) is -6.33. The number of hydrogen-bond acceptors (Lipinski definition) is 0. The van der Waals surface area contributed by atoms with E-state index in [1.807, 2.05) is 18.2 Å². The van der Waals surface area contributed by atoms with E-state index >= 15 is 0 Å². The van der Waals surface area contributed by atoms with Crippen molar-refractivity contribution < 1.29 is 37.2 Å². The SMILES string of the molecule is C=C[CH2][Ga]([CH2]C=C)[CH2]C=C.[Cl-].[Cl-].[Cl-].[Ga+3]. The summed E-state index contributed by atoms with van der Waals surface area (Å²) in [5.41, 5.74) is 0. The van der Waals surface area contributed by atoms with E-state index in [0.29, 0.717) is 0 Å². The van der Waals surface area contributed by atoms with Crippen LogP contribution in [0.1, 0.15) is 0 Å². The van der Waals surface area contributed by atoms with Gasteiger partial charge in [0.25, 0.3) is 0 Å². The third kappa shape index (κ3) is 19.0. The van der Waals surface area contributed by atoms with E-state index in [4.69, 9.17) is 0 Å².